The molecule has 214 valence electrons. The smallest absolute Gasteiger partial charge is 0.201 e. The number of halogens is 4. The van der Waals surface area contributed by atoms with Gasteiger partial charge in [-0.1, -0.05) is 69.2 Å². The van der Waals surface area contributed by atoms with E-state index in [1.165, 1.54) is 12.1 Å². The van der Waals surface area contributed by atoms with Gasteiger partial charge >= 0.3 is 0 Å². The highest BCUT2D eigenvalue weighted by molar-refractivity contribution is 5.67. The van der Waals surface area contributed by atoms with Crippen molar-refractivity contribution >= 4 is 5.57 Å². The van der Waals surface area contributed by atoms with Crippen LogP contribution in [0.15, 0.2) is 54.6 Å². The van der Waals surface area contributed by atoms with Gasteiger partial charge in [-0.25, -0.2) is 13.2 Å². The van der Waals surface area contributed by atoms with Crippen LogP contribution in [0.3, 0.4) is 0 Å². The number of rotatable bonds is 13. The molecule has 6 heteroatoms. The molecular weight excluding hydrogens is 516 g/mol. The van der Waals surface area contributed by atoms with E-state index in [1.807, 2.05) is 13.0 Å². The highest BCUT2D eigenvalue weighted by Gasteiger charge is 2.21. The quantitative estimate of drug-likeness (QED) is 0.155. The predicted molar refractivity (Wildman–Crippen MR) is 152 cm³/mol. The number of benzene rings is 3. The van der Waals surface area contributed by atoms with Crippen LogP contribution >= 0.6 is 0 Å². The molecule has 0 spiro atoms. The van der Waals surface area contributed by atoms with Gasteiger partial charge in [0.25, 0.3) is 0 Å². The largest absolute Gasteiger partial charge is 0.490 e. The lowest BCUT2D eigenvalue weighted by Crippen LogP contribution is -2.16. The molecule has 0 radical (unpaired) electrons. The molecule has 0 fully saturated rings. The molecule has 0 aromatic heterocycles. The maximum Gasteiger partial charge on any atom is 0.201 e. The van der Waals surface area contributed by atoms with Gasteiger partial charge in [-0.05, 0) is 79.3 Å². The second kappa shape index (κ2) is 14.5. The molecule has 1 aliphatic rings. The van der Waals surface area contributed by atoms with Crippen LogP contribution in [0, 0.1) is 23.3 Å². The summed E-state index contributed by atoms with van der Waals surface area (Å²) in [5.41, 5.74) is 3.03. The molecule has 0 aliphatic heterocycles. The van der Waals surface area contributed by atoms with Crippen LogP contribution in [0.25, 0.3) is 16.7 Å². The van der Waals surface area contributed by atoms with Gasteiger partial charge in [-0.2, -0.15) is 4.39 Å². The molecule has 0 amide bonds. The zero-order chi connectivity index (χ0) is 28.5. The van der Waals surface area contributed by atoms with E-state index in [2.05, 4.69) is 6.92 Å². The fraction of sp³-hybridized carbons (Fsp3) is 0.412. The minimum atomic E-state index is -0.997. The Morgan fingerprint density at radius 2 is 1.43 bits per heavy atom. The lowest BCUT2D eigenvalue weighted by atomic mass is 9.90. The van der Waals surface area contributed by atoms with Gasteiger partial charge in [0.05, 0.1) is 12.7 Å². The summed E-state index contributed by atoms with van der Waals surface area (Å²) in [7, 11) is 0. The third-order valence-corrected chi connectivity index (χ3v) is 7.47. The van der Waals surface area contributed by atoms with E-state index in [9.17, 15) is 13.2 Å². The van der Waals surface area contributed by atoms with Gasteiger partial charge in [0.2, 0.25) is 5.82 Å². The second-order valence-corrected chi connectivity index (χ2v) is 10.4. The fourth-order valence-corrected chi connectivity index (χ4v) is 4.95. The molecule has 0 saturated heterocycles. The normalized spacial score (nSPS) is 15.2. The van der Waals surface area contributed by atoms with Crippen molar-refractivity contribution in [1.82, 2.24) is 0 Å². The van der Waals surface area contributed by atoms with Crippen molar-refractivity contribution < 1.29 is 27.0 Å². The summed E-state index contributed by atoms with van der Waals surface area (Å²) < 4.78 is 70.4. The van der Waals surface area contributed by atoms with E-state index >= 15 is 4.39 Å². The van der Waals surface area contributed by atoms with E-state index in [4.69, 9.17) is 9.47 Å². The van der Waals surface area contributed by atoms with Crippen molar-refractivity contribution in [3.63, 3.8) is 0 Å². The van der Waals surface area contributed by atoms with Gasteiger partial charge < -0.3 is 9.47 Å². The molecule has 1 unspecified atom stereocenters. The highest BCUT2D eigenvalue weighted by atomic mass is 19.2. The summed E-state index contributed by atoms with van der Waals surface area (Å²) in [6.45, 7) is 5.19. The third kappa shape index (κ3) is 7.34. The second-order valence-electron chi connectivity index (χ2n) is 10.4. The predicted octanol–water partition coefficient (Wildman–Crippen LogP) is 9.63. The Morgan fingerprint density at radius 1 is 0.725 bits per heavy atom. The summed E-state index contributed by atoms with van der Waals surface area (Å²) in [5, 5.41) is 0. The number of unbranched alkanes of at least 4 members (excludes halogenated alkanes) is 2. The topological polar surface area (TPSA) is 18.5 Å². The highest BCUT2D eigenvalue weighted by Crippen LogP contribution is 2.33. The SMILES string of the molecule is CCCCOc1ccc(-c2ccc(CCc3ccc(C4=CCC(OCCCC)CC4)c(F)c3F)cc2)c(F)c1F. The van der Waals surface area contributed by atoms with Gasteiger partial charge in [0, 0.05) is 17.7 Å². The summed E-state index contributed by atoms with van der Waals surface area (Å²) >= 11 is 0. The van der Waals surface area contributed by atoms with Crippen molar-refractivity contribution in [2.45, 2.75) is 77.7 Å². The Kier molecular flexibility index (Phi) is 10.8. The average Bonchev–Trinajstić information content (AvgIpc) is 2.97. The van der Waals surface area contributed by atoms with Gasteiger partial charge in [-0.15, -0.1) is 0 Å². The first-order chi connectivity index (χ1) is 19.4. The molecule has 3 aromatic rings. The number of hydrogen-bond donors (Lipinski definition) is 0. The van der Waals surface area contributed by atoms with E-state index in [0.717, 1.165) is 49.8 Å². The van der Waals surface area contributed by atoms with Crippen molar-refractivity contribution in [2.24, 2.45) is 0 Å². The zero-order valence-electron chi connectivity index (χ0n) is 23.4. The Labute approximate surface area is 235 Å². The van der Waals surface area contributed by atoms with E-state index in [0.29, 0.717) is 49.0 Å². The van der Waals surface area contributed by atoms with Crippen molar-refractivity contribution in [1.29, 1.82) is 0 Å². The van der Waals surface area contributed by atoms with Gasteiger partial charge in [-0.3, -0.25) is 0 Å². The molecule has 0 bridgehead atoms. The van der Waals surface area contributed by atoms with Crippen LogP contribution in [0.5, 0.6) is 5.75 Å². The first-order valence-corrected chi connectivity index (χ1v) is 14.4. The average molecular weight is 555 g/mol. The number of aryl methyl sites for hydroxylation is 2. The Balaban J connectivity index is 1.37. The van der Waals surface area contributed by atoms with E-state index in [-0.39, 0.29) is 17.4 Å². The van der Waals surface area contributed by atoms with Crippen LogP contribution in [0.1, 0.15) is 75.5 Å². The molecule has 0 heterocycles. The molecule has 0 saturated carbocycles. The Bertz CT molecular complexity index is 1300. The zero-order valence-corrected chi connectivity index (χ0v) is 23.4. The summed E-state index contributed by atoms with van der Waals surface area (Å²) in [6.07, 6.45) is 8.88. The summed E-state index contributed by atoms with van der Waals surface area (Å²) in [4.78, 5) is 0. The van der Waals surface area contributed by atoms with Gasteiger partial charge in [0.15, 0.2) is 23.2 Å². The van der Waals surface area contributed by atoms with Crippen LogP contribution in [0.4, 0.5) is 17.6 Å². The van der Waals surface area contributed by atoms with Crippen molar-refractivity contribution in [3.8, 4) is 16.9 Å². The molecule has 1 aliphatic carbocycles. The molecule has 4 rings (SSSR count). The maximum absolute atomic E-state index is 15.0. The van der Waals surface area contributed by atoms with Gasteiger partial charge in [0.1, 0.15) is 0 Å². The van der Waals surface area contributed by atoms with E-state index < -0.39 is 23.3 Å². The van der Waals surface area contributed by atoms with E-state index in [1.54, 1.807) is 36.4 Å². The Hall–Kier alpha value is -3.12. The van der Waals surface area contributed by atoms with Crippen molar-refractivity contribution in [3.05, 3.63) is 94.6 Å². The standard InChI is InChI=1S/C34H38F4O2/c1-3-5-21-39-27-16-13-25(14-17-27)28-18-15-26(31(35)32(28)36)12-9-23-7-10-24(11-8-23)29-19-20-30(34(38)33(29)37)40-22-6-4-2/h7-8,10-11,13,15,18-20,27H,3-6,9,12,14,16-17,21-22H2,1-2H3. The third-order valence-electron chi connectivity index (χ3n) is 7.47. The molecule has 3 aromatic carbocycles. The first-order valence-electron chi connectivity index (χ1n) is 14.4. The van der Waals surface area contributed by atoms with Crippen LogP contribution in [0.2, 0.25) is 0 Å². The number of allylic oxidation sites excluding steroid dienone is 1. The maximum atomic E-state index is 15.0. The summed E-state index contributed by atoms with van der Waals surface area (Å²) in [6, 6.07) is 13.3. The van der Waals surface area contributed by atoms with Crippen LogP contribution in [-0.4, -0.2) is 19.3 Å². The first kappa shape index (κ1) is 29.9. The minimum absolute atomic E-state index is 0.0907. The van der Waals surface area contributed by atoms with Crippen LogP contribution < -0.4 is 4.74 Å². The van der Waals surface area contributed by atoms with Crippen LogP contribution in [-0.2, 0) is 17.6 Å². The minimum Gasteiger partial charge on any atom is -0.490 e. The molecule has 40 heavy (non-hydrogen) atoms. The summed E-state index contributed by atoms with van der Waals surface area (Å²) in [5.74, 6) is -3.65. The Morgan fingerprint density at radius 3 is 2.12 bits per heavy atom. The fourth-order valence-electron chi connectivity index (χ4n) is 4.95. The monoisotopic (exact) mass is 554 g/mol. The molecular formula is C34H38F4O2. The lowest BCUT2D eigenvalue weighted by molar-refractivity contribution is 0.0466. The molecule has 1 atom stereocenters. The number of hydrogen-bond acceptors (Lipinski definition) is 2. The van der Waals surface area contributed by atoms with Crippen molar-refractivity contribution in [2.75, 3.05) is 13.2 Å². The number of ether oxygens (including phenoxy) is 2. The molecule has 0 N–H and O–H groups in total. The lowest BCUT2D eigenvalue weighted by Gasteiger charge is -2.23. The molecule has 2 nitrogen and oxygen atoms in total.